The zero-order valence-electron chi connectivity index (χ0n) is 10.8. The molecule has 0 spiro atoms. The Hall–Kier alpha value is -1.56. The second-order valence-electron chi connectivity index (χ2n) is 4.59. The molecule has 19 heavy (non-hydrogen) atoms. The molecular weight excluding hydrogens is 259 g/mol. The van der Waals surface area contributed by atoms with E-state index in [1.165, 1.54) is 0 Å². The van der Waals surface area contributed by atoms with Gasteiger partial charge in [-0.3, -0.25) is 4.79 Å². The molecule has 106 valence electrons. The van der Waals surface area contributed by atoms with Crippen molar-refractivity contribution in [1.29, 1.82) is 0 Å². The predicted octanol–water partition coefficient (Wildman–Crippen LogP) is 2.38. The van der Waals surface area contributed by atoms with E-state index >= 15 is 0 Å². The minimum atomic E-state index is -1.25. The van der Waals surface area contributed by atoms with Crippen LogP contribution in [0.15, 0.2) is 12.1 Å². The average molecular weight is 275 g/mol. The fourth-order valence-electron chi connectivity index (χ4n) is 1.67. The highest BCUT2D eigenvalue weighted by atomic mass is 19.1. The summed E-state index contributed by atoms with van der Waals surface area (Å²) in [6.07, 6.45) is 0.726. The van der Waals surface area contributed by atoms with Crippen LogP contribution < -0.4 is 5.32 Å². The van der Waals surface area contributed by atoms with Crippen molar-refractivity contribution in [2.75, 3.05) is 6.61 Å². The van der Waals surface area contributed by atoms with E-state index in [0.717, 1.165) is 0 Å². The van der Waals surface area contributed by atoms with E-state index in [0.29, 0.717) is 18.6 Å². The maximum Gasteiger partial charge on any atom is 0.257 e. The van der Waals surface area contributed by atoms with E-state index in [1.807, 2.05) is 0 Å². The molecule has 2 N–H and O–H groups in total. The van der Waals surface area contributed by atoms with Crippen molar-refractivity contribution in [3.8, 4) is 0 Å². The number of carbonyl (C=O) groups excluding carboxylic acids is 1. The van der Waals surface area contributed by atoms with Gasteiger partial charge >= 0.3 is 0 Å². The highest BCUT2D eigenvalue weighted by Gasteiger charge is 2.27. The fraction of sp³-hybridized carbons (Fsp3) is 0.462. The van der Waals surface area contributed by atoms with E-state index in [2.05, 4.69) is 5.32 Å². The SMILES string of the molecule is CCC(C)(CCO)NC(=O)c1c(F)cc(F)cc1F. The van der Waals surface area contributed by atoms with Crippen LogP contribution in [-0.2, 0) is 0 Å². The Morgan fingerprint density at radius 1 is 1.32 bits per heavy atom. The Kier molecular flexibility index (Phi) is 4.94. The summed E-state index contributed by atoms with van der Waals surface area (Å²) in [5, 5.41) is 11.4. The molecule has 0 heterocycles. The van der Waals surface area contributed by atoms with Gasteiger partial charge in [0.2, 0.25) is 0 Å². The van der Waals surface area contributed by atoms with Crippen LogP contribution in [0.5, 0.6) is 0 Å². The summed E-state index contributed by atoms with van der Waals surface area (Å²) in [5.74, 6) is -4.55. The lowest BCUT2D eigenvalue weighted by Crippen LogP contribution is -2.46. The van der Waals surface area contributed by atoms with Crippen molar-refractivity contribution < 1.29 is 23.1 Å². The number of hydrogen-bond acceptors (Lipinski definition) is 2. The summed E-state index contributed by atoms with van der Waals surface area (Å²) >= 11 is 0. The summed E-state index contributed by atoms with van der Waals surface area (Å²) in [7, 11) is 0. The monoisotopic (exact) mass is 275 g/mol. The third-order valence-electron chi connectivity index (χ3n) is 3.09. The van der Waals surface area contributed by atoms with Crippen LogP contribution in [0.4, 0.5) is 13.2 Å². The Morgan fingerprint density at radius 3 is 2.26 bits per heavy atom. The van der Waals surface area contributed by atoms with Crippen molar-refractivity contribution >= 4 is 5.91 Å². The third-order valence-corrected chi connectivity index (χ3v) is 3.09. The molecule has 1 aromatic carbocycles. The van der Waals surface area contributed by atoms with Crippen molar-refractivity contribution in [2.45, 2.75) is 32.2 Å². The molecule has 1 rings (SSSR count). The number of carbonyl (C=O) groups is 1. The molecule has 1 unspecified atom stereocenters. The van der Waals surface area contributed by atoms with E-state index in [9.17, 15) is 18.0 Å². The molecule has 0 fully saturated rings. The number of hydrogen-bond donors (Lipinski definition) is 2. The van der Waals surface area contributed by atoms with Crippen LogP contribution in [0.3, 0.4) is 0 Å². The van der Waals surface area contributed by atoms with Crippen molar-refractivity contribution in [3.63, 3.8) is 0 Å². The Labute approximate surface area is 109 Å². The first-order valence-corrected chi connectivity index (χ1v) is 5.91. The van der Waals surface area contributed by atoms with Gasteiger partial charge in [-0.25, -0.2) is 13.2 Å². The van der Waals surface area contributed by atoms with Crippen LogP contribution in [-0.4, -0.2) is 23.2 Å². The number of aliphatic hydroxyl groups excluding tert-OH is 1. The van der Waals surface area contributed by atoms with Gasteiger partial charge in [0.05, 0.1) is 0 Å². The second kappa shape index (κ2) is 6.06. The molecule has 0 radical (unpaired) electrons. The van der Waals surface area contributed by atoms with Gasteiger partial charge in [0.15, 0.2) is 0 Å². The van der Waals surface area contributed by atoms with E-state index < -0.39 is 34.5 Å². The Bertz CT molecular complexity index is 456. The molecule has 1 amide bonds. The summed E-state index contributed by atoms with van der Waals surface area (Å²) in [4.78, 5) is 11.9. The average Bonchev–Trinajstić information content (AvgIpc) is 2.27. The van der Waals surface area contributed by atoms with Crippen LogP contribution >= 0.6 is 0 Å². The van der Waals surface area contributed by atoms with Gasteiger partial charge in [-0.15, -0.1) is 0 Å². The van der Waals surface area contributed by atoms with Crippen LogP contribution in [0, 0.1) is 17.5 Å². The zero-order chi connectivity index (χ0) is 14.6. The van der Waals surface area contributed by atoms with Crippen molar-refractivity contribution in [3.05, 3.63) is 35.1 Å². The topological polar surface area (TPSA) is 49.3 Å². The molecule has 6 heteroatoms. The Morgan fingerprint density at radius 2 is 1.84 bits per heavy atom. The largest absolute Gasteiger partial charge is 0.396 e. The molecular formula is C13H16F3NO2. The molecule has 0 bridgehead atoms. The van der Waals surface area contributed by atoms with E-state index in [1.54, 1.807) is 13.8 Å². The van der Waals surface area contributed by atoms with E-state index in [4.69, 9.17) is 5.11 Å². The molecule has 3 nitrogen and oxygen atoms in total. The fourth-order valence-corrected chi connectivity index (χ4v) is 1.67. The maximum absolute atomic E-state index is 13.4. The lowest BCUT2D eigenvalue weighted by atomic mass is 9.94. The minimum Gasteiger partial charge on any atom is -0.396 e. The molecule has 0 saturated heterocycles. The zero-order valence-corrected chi connectivity index (χ0v) is 10.8. The van der Waals surface area contributed by atoms with Crippen LogP contribution in [0.25, 0.3) is 0 Å². The maximum atomic E-state index is 13.4. The number of halogens is 3. The quantitative estimate of drug-likeness (QED) is 0.866. The smallest absolute Gasteiger partial charge is 0.257 e. The summed E-state index contributed by atoms with van der Waals surface area (Å²) < 4.78 is 39.6. The van der Waals surface area contributed by atoms with Gasteiger partial charge in [-0.2, -0.15) is 0 Å². The minimum absolute atomic E-state index is 0.168. The Balaban J connectivity index is 3.02. The second-order valence-corrected chi connectivity index (χ2v) is 4.59. The predicted molar refractivity (Wildman–Crippen MR) is 64.2 cm³/mol. The van der Waals surface area contributed by atoms with Gasteiger partial charge in [0, 0.05) is 24.3 Å². The normalized spacial score (nSPS) is 14.0. The summed E-state index contributed by atoms with van der Waals surface area (Å²) in [6, 6.07) is 0.903. The molecule has 1 aromatic rings. The number of amides is 1. The van der Waals surface area contributed by atoms with E-state index in [-0.39, 0.29) is 13.0 Å². The van der Waals surface area contributed by atoms with Crippen LogP contribution in [0.2, 0.25) is 0 Å². The standard InChI is InChI=1S/C13H16F3NO2/c1-3-13(2,4-5-18)17-12(19)11-9(15)6-8(14)7-10(11)16/h6-7,18H,3-5H2,1-2H3,(H,17,19). The molecule has 0 aliphatic carbocycles. The molecule has 0 aliphatic rings. The third kappa shape index (κ3) is 3.70. The van der Waals surface area contributed by atoms with Gasteiger partial charge in [0.25, 0.3) is 5.91 Å². The van der Waals surface area contributed by atoms with Crippen LogP contribution in [0.1, 0.15) is 37.0 Å². The first-order valence-electron chi connectivity index (χ1n) is 5.91. The first-order chi connectivity index (χ1) is 8.83. The number of rotatable bonds is 5. The molecule has 0 saturated carbocycles. The lowest BCUT2D eigenvalue weighted by molar-refractivity contribution is 0.0877. The number of benzene rings is 1. The van der Waals surface area contributed by atoms with Gasteiger partial charge < -0.3 is 10.4 Å². The molecule has 0 aliphatic heterocycles. The highest BCUT2D eigenvalue weighted by Crippen LogP contribution is 2.19. The molecule has 1 atom stereocenters. The van der Waals surface area contributed by atoms with Gasteiger partial charge in [-0.05, 0) is 19.8 Å². The highest BCUT2D eigenvalue weighted by molar-refractivity contribution is 5.95. The first kappa shape index (κ1) is 15.5. The number of nitrogens with one attached hydrogen (secondary N) is 1. The van der Waals surface area contributed by atoms with Crippen molar-refractivity contribution in [1.82, 2.24) is 5.32 Å². The number of aliphatic hydroxyl groups is 1. The van der Waals surface area contributed by atoms with Gasteiger partial charge in [-0.1, -0.05) is 6.92 Å². The van der Waals surface area contributed by atoms with Crippen molar-refractivity contribution in [2.24, 2.45) is 0 Å². The summed E-state index contributed by atoms with van der Waals surface area (Å²) in [6.45, 7) is 3.26. The summed E-state index contributed by atoms with van der Waals surface area (Å²) in [5.41, 5.74) is -1.60. The lowest BCUT2D eigenvalue weighted by Gasteiger charge is -2.29. The van der Waals surface area contributed by atoms with Gasteiger partial charge in [0.1, 0.15) is 23.0 Å². The molecule has 0 aromatic heterocycles.